The zero-order valence-electron chi connectivity index (χ0n) is 4.35. The van der Waals surface area contributed by atoms with Gasteiger partial charge < -0.3 is 0 Å². The fraction of sp³-hybridized carbons (Fsp3) is 0.200. The molecule has 0 saturated heterocycles. The van der Waals surface area contributed by atoms with Gasteiger partial charge in [0.05, 0.1) is 0 Å². The van der Waals surface area contributed by atoms with E-state index in [-0.39, 0.29) is 0 Å². The predicted molar refractivity (Wildman–Crippen MR) is 37.3 cm³/mol. The summed E-state index contributed by atoms with van der Waals surface area (Å²) in [5.74, 6) is 1.50. The molecule has 0 amide bonds. The topological polar surface area (TPSA) is 0 Å². The lowest BCUT2D eigenvalue weighted by atomic mass is 10.2. The van der Waals surface area contributed by atoms with Crippen molar-refractivity contribution >= 4 is 19.6 Å². The molecule has 0 aromatic heterocycles. The minimum Gasteiger partial charge on any atom is -0.125 e. The number of rotatable bonds is 2. The third-order valence-corrected chi connectivity index (χ3v) is 1.04. The van der Waals surface area contributed by atoms with E-state index in [9.17, 15) is 0 Å². The van der Waals surface area contributed by atoms with Gasteiger partial charge in [0.1, 0.15) is 7.85 Å². The Labute approximate surface area is 50.1 Å². The van der Waals surface area contributed by atoms with Crippen LogP contribution in [-0.2, 0) is 0 Å². The lowest BCUT2D eigenvalue weighted by Crippen LogP contribution is -1.53. The van der Waals surface area contributed by atoms with Crippen molar-refractivity contribution < 1.29 is 0 Å². The second kappa shape index (κ2) is 4.06. The van der Waals surface area contributed by atoms with Crippen LogP contribution in [0, 0.1) is 0 Å². The van der Waals surface area contributed by atoms with Crippen molar-refractivity contribution in [3.05, 3.63) is 22.9 Å². The Morgan fingerprint density at radius 3 is 2.57 bits per heavy atom. The summed E-state index contributed by atoms with van der Waals surface area (Å²) in [6.07, 6.45) is 0. The number of hydrogen-bond acceptors (Lipinski definition) is 1. The van der Waals surface area contributed by atoms with E-state index in [2.05, 4.69) is 6.58 Å². The molecule has 0 saturated carbocycles. The van der Waals surface area contributed by atoms with E-state index in [4.69, 9.17) is 7.85 Å². The van der Waals surface area contributed by atoms with Gasteiger partial charge in [0, 0.05) is 0 Å². The first-order valence-corrected chi connectivity index (χ1v) is 2.84. The summed E-state index contributed by atoms with van der Waals surface area (Å²) in [5.41, 5.74) is 0. The number of thioether (sulfide) groups is 1. The molecular weight excluding hydrogens is 103 g/mol. The molecule has 0 aliphatic heterocycles. The summed E-state index contributed by atoms with van der Waals surface area (Å²) in [7, 11) is 5.03. The smallest absolute Gasteiger partial charge is 0.103 e. The second-order valence-electron chi connectivity index (χ2n) is 1.15. The maximum Gasteiger partial charge on any atom is 0.103 e. The van der Waals surface area contributed by atoms with Gasteiger partial charge in [-0.2, -0.15) is 0 Å². The van der Waals surface area contributed by atoms with Gasteiger partial charge >= 0.3 is 0 Å². The van der Waals surface area contributed by atoms with Crippen LogP contribution in [-0.4, -0.2) is 7.85 Å². The van der Waals surface area contributed by atoms with Crippen molar-refractivity contribution in [2.75, 3.05) is 0 Å². The standard InChI is InChI=1S/C5H7BS/c1-5(2)7-4-3-6/h3-4H,1H2,2H3/b4-3+. The summed E-state index contributed by atoms with van der Waals surface area (Å²) in [4.78, 5) is 1.06. The molecule has 0 N–H and O–H groups in total. The van der Waals surface area contributed by atoms with Crippen LogP contribution in [0.25, 0.3) is 0 Å². The highest BCUT2D eigenvalue weighted by atomic mass is 32.2. The first kappa shape index (κ1) is 6.89. The van der Waals surface area contributed by atoms with Crippen LogP contribution in [0.1, 0.15) is 6.92 Å². The minimum absolute atomic E-state index is 1.06. The van der Waals surface area contributed by atoms with Gasteiger partial charge in [0.2, 0.25) is 0 Å². The first-order valence-electron chi connectivity index (χ1n) is 1.96. The highest BCUT2D eigenvalue weighted by molar-refractivity contribution is 8.05. The maximum absolute atomic E-state index is 5.03. The minimum atomic E-state index is 1.06. The Morgan fingerprint density at radius 2 is 2.43 bits per heavy atom. The van der Waals surface area contributed by atoms with Crippen LogP contribution in [0.4, 0.5) is 0 Å². The molecule has 0 nitrogen and oxygen atoms in total. The van der Waals surface area contributed by atoms with E-state index in [0.717, 1.165) is 4.91 Å². The van der Waals surface area contributed by atoms with E-state index >= 15 is 0 Å². The Balaban J connectivity index is 3.14. The van der Waals surface area contributed by atoms with E-state index in [0.29, 0.717) is 0 Å². The monoisotopic (exact) mass is 110 g/mol. The van der Waals surface area contributed by atoms with E-state index < -0.39 is 0 Å². The average Bonchev–Trinajstić information content (AvgIpc) is 1.61. The van der Waals surface area contributed by atoms with Gasteiger partial charge in [-0.1, -0.05) is 6.58 Å². The Kier molecular flexibility index (Phi) is 4.00. The zero-order chi connectivity index (χ0) is 5.70. The lowest BCUT2D eigenvalue weighted by molar-refractivity contribution is 1.74. The van der Waals surface area contributed by atoms with Gasteiger partial charge in [0.15, 0.2) is 0 Å². The summed E-state index contributed by atoms with van der Waals surface area (Å²) in [6.45, 7) is 5.58. The molecular formula is C5H7BS. The van der Waals surface area contributed by atoms with Crippen molar-refractivity contribution in [3.8, 4) is 0 Å². The third-order valence-electron chi connectivity index (χ3n) is 0.348. The molecule has 0 rings (SSSR count). The molecule has 0 spiro atoms. The SMILES string of the molecule is [B]/C=C/SC(=C)C. The highest BCUT2D eigenvalue weighted by Crippen LogP contribution is 2.11. The quantitative estimate of drug-likeness (QED) is 0.489. The van der Waals surface area contributed by atoms with Gasteiger partial charge in [-0.25, -0.2) is 0 Å². The normalized spacial score (nSPS) is 9.86. The number of hydrogen-bond donors (Lipinski definition) is 0. The molecule has 0 atom stereocenters. The molecule has 0 unspecified atom stereocenters. The molecule has 36 valence electrons. The van der Waals surface area contributed by atoms with Crippen molar-refractivity contribution in [1.82, 2.24) is 0 Å². The lowest BCUT2D eigenvalue weighted by Gasteiger charge is -1.84. The molecule has 0 aliphatic carbocycles. The zero-order valence-corrected chi connectivity index (χ0v) is 5.16. The summed E-state index contributed by atoms with van der Waals surface area (Å²) in [6, 6.07) is 0. The van der Waals surface area contributed by atoms with E-state index in [1.807, 2.05) is 6.92 Å². The molecule has 2 radical (unpaired) electrons. The Hall–Kier alpha value is -0.105. The molecule has 0 fully saturated rings. The van der Waals surface area contributed by atoms with Crippen molar-refractivity contribution in [3.63, 3.8) is 0 Å². The summed E-state index contributed by atoms with van der Waals surface area (Å²) in [5, 5.41) is 1.79. The number of allylic oxidation sites excluding steroid dienone is 1. The maximum atomic E-state index is 5.03. The van der Waals surface area contributed by atoms with Gasteiger partial charge in [-0.3, -0.25) is 0 Å². The molecule has 0 bridgehead atoms. The molecule has 7 heavy (non-hydrogen) atoms. The summed E-state index contributed by atoms with van der Waals surface area (Å²) < 4.78 is 0. The fourth-order valence-electron chi connectivity index (χ4n) is 0.155. The molecule has 0 aromatic rings. The van der Waals surface area contributed by atoms with Crippen LogP contribution in [0.2, 0.25) is 0 Å². The molecule has 0 aromatic carbocycles. The molecule has 0 aliphatic rings. The predicted octanol–water partition coefficient (Wildman–Crippen LogP) is 1.89. The van der Waals surface area contributed by atoms with Crippen LogP contribution >= 0.6 is 11.8 Å². The van der Waals surface area contributed by atoms with Gasteiger partial charge in [-0.05, 0) is 17.2 Å². The van der Waals surface area contributed by atoms with Crippen LogP contribution in [0.3, 0.4) is 0 Å². The second-order valence-corrected chi connectivity index (χ2v) is 2.35. The highest BCUT2D eigenvalue weighted by Gasteiger charge is 1.73. The molecule has 0 heterocycles. The average molecular weight is 110 g/mol. The van der Waals surface area contributed by atoms with Crippen molar-refractivity contribution in [2.45, 2.75) is 6.92 Å². The third kappa shape index (κ3) is 5.89. The van der Waals surface area contributed by atoms with Crippen molar-refractivity contribution in [2.24, 2.45) is 0 Å². The Bertz CT molecular complexity index is 86.1. The van der Waals surface area contributed by atoms with Gasteiger partial charge in [0.25, 0.3) is 0 Å². The largest absolute Gasteiger partial charge is 0.125 e. The van der Waals surface area contributed by atoms with Gasteiger partial charge in [-0.15, -0.1) is 17.7 Å². The molecule has 2 heteroatoms. The first-order chi connectivity index (χ1) is 3.27. The van der Waals surface area contributed by atoms with Crippen LogP contribution < -0.4 is 0 Å². The van der Waals surface area contributed by atoms with Crippen LogP contribution in [0.5, 0.6) is 0 Å². The fourth-order valence-corrected chi connectivity index (χ4v) is 0.466. The van der Waals surface area contributed by atoms with Crippen LogP contribution in [0.15, 0.2) is 22.9 Å². The van der Waals surface area contributed by atoms with E-state index in [1.165, 1.54) is 17.7 Å². The summed E-state index contributed by atoms with van der Waals surface area (Å²) >= 11 is 1.53. The Morgan fingerprint density at radius 1 is 1.86 bits per heavy atom. The van der Waals surface area contributed by atoms with E-state index in [1.54, 1.807) is 5.41 Å². The van der Waals surface area contributed by atoms with Crippen molar-refractivity contribution in [1.29, 1.82) is 0 Å².